The van der Waals surface area contributed by atoms with Gasteiger partial charge in [0.15, 0.2) is 0 Å². The van der Waals surface area contributed by atoms with Crippen LogP contribution in [0, 0.1) is 0 Å². The van der Waals surface area contributed by atoms with Crippen molar-refractivity contribution in [1.82, 2.24) is 0 Å². The predicted molar refractivity (Wildman–Crippen MR) is 82.4 cm³/mol. The first-order chi connectivity index (χ1) is 8.47. The Hall–Kier alpha value is 0.260. The number of hydrogen-bond donors (Lipinski definition) is 0. The van der Waals surface area contributed by atoms with E-state index in [0.717, 1.165) is 0 Å². The van der Waals surface area contributed by atoms with Crippen molar-refractivity contribution in [3.8, 4) is 0 Å². The van der Waals surface area contributed by atoms with Crippen LogP contribution in [-0.4, -0.2) is 30.2 Å². The molecule has 0 N–H and O–H groups in total. The molecule has 0 saturated carbocycles. The van der Waals surface area contributed by atoms with Crippen molar-refractivity contribution in [1.29, 1.82) is 0 Å². The molecule has 0 amide bonds. The van der Waals surface area contributed by atoms with Gasteiger partial charge in [-0.3, -0.25) is 0 Å². The summed E-state index contributed by atoms with van der Waals surface area (Å²) in [5.41, 5.74) is 0. The van der Waals surface area contributed by atoms with Crippen LogP contribution >= 0.6 is 0 Å². The van der Waals surface area contributed by atoms with Gasteiger partial charge >= 0.3 is 0 Å². The Balaban J connectivity index is 0. The molecule has 0 atom stereocenters. The van der Waals surface area contributed by atoms with Gasteiger partial charge in [-0.1, -0.05) is 40.0 Å². The predicted octanol–water partition coefficient (Wildman–Crippen LogP) is 3.12. The first-order valence-electron chi connectivity index (χ1n) is 7.04. The zero-order valence-electron chi connectivity index (χ0n) is 12.2. The van der Waals surface area contributed by atoms with Crippen LogP contribution in [0.15, 0.2) is 0 Å². The minimum Gasteiger partial charge on any atom is -0.748 e. The Bertz CT molecular complexity index is 231. The minimum atomic E-state index is -3.92. The van der Waals surface area contributed by atoms with Gasteiger partial charge in [0.05, 0.1) is 10.1 Å². The molecule has 0 saturated heterocycles. The Morgan fingerprint density at radius 2 is 1.39 bits per heavy atom. The first-order valence-corrected chi connectivity index (χ1v) is 9.88. The van der Waals surface area contributed by atoms with Gasteiger partial charge in [-0.05, 0) is 37.4 Å². The van der Waals surface area contributed by atoms with Gasteiger partial charge in [0.2, 0.25) is 0 Å². The fraction of sp³-hybridized carbons (Fsp3) is 1.00. The van der Waals surface area contributed by atoms with Crippen molar-refractivity contribution in [3.05, 3.63) is 0 Å². The average Bonchev–Trinajstić information content (AvgIpc) is 2.27. The molecule has 0 rings (SSSR count). The monoisotopic (exact) mass is 298 g/mol. The maximum atomic E-state index is 9.68. The van der Waals surface area contributed by atoms with E-state index in [4.69, 9.17) is 0 Å². The second-order valence-corrected chi connectivity index (χ2v) is 7.21. The van der Waals surface area contributed by atoms with Gasteiger partial charge in [-0.25, -0.2) is 8.42 Å². The van der Waals surface area contributed by atoms with Crippen LogP contribution < -0.4 is 0 Å². The molecular formula is C13H30O3S2. The van der Waals surface area contributed by atoms with Gasteiger partial charge in [-0.2, -0.15) is 0 Å². The minimum absolute atomic E-state index is 0.243. The van der Waals surface area contributed by atoms with Gasteiger partial charge < -0.3 is 4.55 Å². The molecule has 0 aliphatic rings. The Labute approximate surface area is 118 Å². The van der Waals surface area contributed by atoms with Crippen molar-refractivity contribution in [2.24, 2.45) is 0 Å². The molecular weight excluding hydrogens is 268 g/mol. The fourth-order valence-corrected chi connectivity index (χ4v) is 2.99. The van der Waals surface area contributed by atoms with E-state index in [1.54, 1.807) is 18.7 Å². The molecule has 0 fully saturated rings. The van der Waals surface area contributed by atoms with E-state index in [2.05, 4.69) is 13.8 Å². The average molecular weight is 299 g/mol. The summed E-state index contributed by atoms with van der Waals surface area (Å²) in [6.07, 6.45) is 8.91. The highest BCUT2D eigenvalue weighted by molar-refractivity contribution is 7.85. The fourth-order valence-electron chi connectivity index (χ4n) is 1.28. The Morgan fingerprint density at radius 3 is 1.78 bits per heavy atom. The van der Waals surface area contributed by atoms with Crippen molar-refractivity contribution in [3.63, 3.8) is 0 Å². The molecule has 0 aromatic carbocycles. The SMILES string of the molecule is CCCCCC[SH+]CCCC.CCCS(=O)(=O)[O-]. The molecule has 18 heavy (non-hydrogen) atoms. The number of rotatable bonds is 10. The molecule has 0 unspecified atom stereocenters. The lowest BCUT2D eigenvalue weighted by molar-refractivity contribution is 0.462. The lowest BCUT2D eigenvalue weighted by atomic mass is 10.2. The van der Waals surface area contributed by atoms with E-state index in [1.165, 1.54) is 50.0 Å². The summed E-state index contributed by atoms with van der Waals surface area (Å²) >= 11 is 1.69. The van der Waals surface area contributed by atoms with E-state index < -0.39 is 10.1 Å². The zero-order valence-corrected chi connectivity index (χ0v) is 13.9. The summed E-state index contributed by atoms with van der Waals surface area (Å²) in [5.74, 6) is 2.63. The molecule has 0 aliphatic heterocycles. The van der Waals surface area contributed by atoms with Gasteiger partial charge in [0.25, 0.3) is 0 Å². The van der Waals surface area contributed by atoms with Crippen LogP contribution in [-0.2, 0) is 21.9 Å². The van der Waals surface area contributed by atoms with Crippen LogP contribution in [0.3, 0.4) is 0 Å². The van der Waals surface area contributed by atoms with Crippen molar-refractivity contribution >= 4 is 21.9 Å². The van der Waals surface area contributed by atoms with Crippen LogP contribution in [0.5, 0.6) is 0 Å². The summed E-state index contributed by atoms with van der Waals surface area (Å²) in [7, 11) is -3.92. The maximum absolute atomic E-state index is 9.68. The molecule has 5 heteroatoms. The van der Waals surface area contributed by atoms with Crippen molar-refractivity contribution < 1.29 is 13.0 Å². The highest BCUT2D eigenvalue weighted by Gasteiger charge is 1.95. The van der Waals surface area contributed by atoms with Crippen LogP contribution in [0.1, 0.15) is 65.7 Å². The lowest BCUT2D eigenvalue weighted by Crippen LogP contribution is -2.01. The van der Waals surface area contributed by atoms with Crippen molar-refractivity contribution in [2.45, 2.75) is 65.7 Å². The normalized spacial score (nSPS) is 10.9. The smallest absolute Gasteiger partial charge is 0.105 e. The third kappa shape index (κ3) is 25.2. The van der Waals surface area contributed by atoms with Gasteiger partial charge in [0, 0.05) is 5.75 Å². The van der Waals surface area contributed by atoms with Crippen molar-refractivity contribution in [2.75, 3.05) is 17.3 Å². The number of thiol groups is 1. The summed E-state index contributed by atoms with van der Waals surface area (Å²) in [6, 6.07) is 0. The third-order valence-corrected chi connectivity index (χ3v) is 4.47. The topological polar surface area (TPSA) is 57.2 Å². The van der Waals surface area contributed by atoms with Crippen LogP contribution in [0.2, 0.25) is 0 Å². The van der Waals surface area contributed by atoms with E-state index in [-0.39, 0.29) is 5.75 Å². The highest BCUT2D eigenvalue weighted by atomic mass is 32.2. The van der Waals surface area contributed by atoms with Gasteiger partial charge in [-0.15, -0.1) is 0 Å². The second-order valence-electron chi connectivity index (χ2n) is 4.35. The molecule has 0 aliphatic carbocycles. The summed E-state index contributed by atoms with van der Waals surface area (Å²) in [4.78, 5) is 0. The lowest BCUT2D eigenvalue weighted by Gasteiger charge is -2.00. The molecule has 0 aromatic heterocycles. The summed E-state index contributed by atoms with van der Waals surface area (Å²) in [5, 5.41) is 0. The van der Waals surface area contributed by atoms with Crippen LogP contribution in [0.25, 0.3) is 0 Å². The molecule has 3 nitrogen and oxygen atoms in total. The van der Waals surface area contributed by atoms with E-state index >= 15 is 0 Å². The first kappa shape index (κ1) is 20.6. The molecule has 0 aromatic rings. The largest absolute Gasteiger partial charge is 0.748 e. The zero-order chi connectivity index (χ0) is 14.3. The highest BCUT2D eigenvalue weighted by Crippen LogP contribution is 1.99. The molecule has 0 radical (unpaired) electrons. The number of unbranched alkanes of at least 4 members (excludes halogenated alkanes) is 4. The van der Waals surface area contributed by atoms with Crippen LogP contribution in [0.4, 0.5) is 0 Å². The summed E-state index contributed by atoms with van der Waals surface area (Å²) < 4.78 is 29.0. The van der Waals surface area contributed by atoms with Gasteiger partial charge in [0.1, 0.15) is 11.5 Å². The Kier molecular flexibility index (Phi) is 17.5. The third-order valence-electron chi connectivity index (χ3n) is 2.29. The molecule has 0 heterocycles. The maximum Gasteiger partial charge on any atom is 0.105 e. The standard InChI is InChI=1S/C10H22S.C3H8O3S/c1-3-5-7-8-10-11-9-6-4-2;1-2-3-7(4,5)6/h3-10H2,1-2H3;2-3H2,1H3,(H,4,5,6). The van der Waals surface area contributed by atoms with E-state index in [1.807, 2.05) is 0 Å². The van der Waals surface area contributed by atoms with E-state index in [9.17, 15) is 13.0 Å². The molecule has 112 valence electrons. The molecule has 0 bridgehead atoms. The van der Waals surface area contributed by atoms with E-state index in [0.29, 0.717) is 6.42 Å². The number of hydrogen-bond acceptors (Lipinski definition) is 3. The molecule has 0 spiro atoms. The Morgan fingerprint density at radius 1 is 0.833 bits per heavy atom. The second kappa shape index (κ2) is 15.3. The quantitative estimate of drug-likeness (QED) is 0.269. The summed E-state index contributed by atoms with van der Waals surface area (Å²) in [6.45, 7) is 6.19.